The van der Waals surface area contributed by atoms with Crippen LogP contribution in [0.3, 0.4) is 0 Å². The number of hydrogen-bond acceptors (Lipinski definition) is 3. The topological polar surface area (TPSA) is 24.5 Å². The molecule has 0 spiro atoms. The molecule has 1 N–H and O–H groups in total. The lowest BCUT2D eigenvalue weighted by Crippen LogP contribution is -2.50. The van der Waals surface area contributed by atoms with Crippen molar-refractivity contribution >= 4 is 0 Å². The highest BCUT2D eigenvalue weighted by molar-refractivity contribution is 5.30. The molecule has 0 amide bonds. The molecule has 112 valence electrons. The molecule has 3 heteroatoms. The Balaban J connectivity index is 1.98. The minimum atomic E-state index is 0.340. The van der Waals surface area contributed by atoms with Gasteiger partial charge in [-0.25, -0.2) is 0 Å². The molecule has 1 aromatic carbocycles. The lowest BCUT2D eigenvalue weighted by atomic mass is 9.95. The van der Waals surface area contributed by atoms with Gasteiger partial charge in [0.1, 0.15) is 5.75 Å². The van der Waals surface area contributed by atoms with Gasteiger partial charge in [0.15, 0.2) is 0 Å². The minimum Gasteiger partial charge on any atom is -0.497 e. The van der Waals surface area contributed by atoms with Crippen molar-refractivity contribution in [3.63, 3.8) is 0 Å². The lowest BCUT2D eigenvalue weighted by Gasteiger charge is -2.37. The van der Waals surface area contributed by atoms with Gasteiger partial charge in [0, 0.05) is 18.1 Å². The Morgan fingerprint density at radius 1 is 1.30 bits per heavy atom. The highest BCUT2D eigenvalue weighted by atomic mass is 16.5. The molecule has 0 heterocycles. The highest BCUT2D eigenvalue weighted by Gasteiger charge is 2.35. The van der Waals surface area contributed by atoms with Gasteiger partial charge in [-0.15, -0.1) is 0 Å². The molecule has 1 saturated carbocycles. The van der Waals surface area contributed by atoms with Crippen LogP contribution in [-0.2, 0) is 0 Å². The van der Waals surface area contributed by atoms with Gasteiger partial charge in [-0.2, -0.15) is 0 Å². The summed E-state index contributed by atoms with van der Waals surface area (Å²) in [5.74, 6) is 0.930. The van der Waals surface area contributed by atoms with Gasteiger partial charge < -0.3 is 15.0 Å². The molecule has 3 nitrogen and oxygen atoms in total. The summed E-state index contributed by atoms with van der Waals surface area (Å²) in [6, 6.07) is 8.69. The molecule has 1 fully saturated rings. The first-order valence-electron chi connectivity index (χ1n) is 7.62. The Labute approximate surface area is 123 Å². The third kappa shape index (κ3) is 3.33. The highest BCUT2D eigenvalue weighted by Crippen LogP contribution is 2.33. The van der Waals surface area contributed by atoms with Crippen molar-refractivity contribution in [3.8, 4) is 5.75 Å². The summed E-state index contributed by atoms with van der Waals surface area (Å²) in [5.41, 5.74) is 1.63. The fourth-order valence-corrected chi connectivity index (χ4v) is 3.19. The number of nitrogens with one attached hydrogen (secondary N) is 1. The fourth-order valence-electron chi connectivity index (χ4n) is 3.19. The average molecular weight is 276 g/mol. The van der Waals surface area contributed by atoms with E-state index in [1.807, 2.05) is 6.07 Å². The molecular weight excluding hydrogens is 248 g/mol. The Bertz CT molecular complexity index is 425. The van der Waals surface area contributed by atoms with Crippen molar-refractivity contribution in [1.29, 1.82) is 0 Å². The van der Waals surface area contributed by atoms with Crippen LogP contribution in [0.1, 0.15) is 44.2 Å². The van der Waals surface area contributed by atoms with Gasteiger partial charge in [0.2, 0.25) is 0 Å². The number of nitrogens with zero attached hydrogens (tertiary/aromatic N) is 1. The van der Waals surface area contributed by atoms with Crippen molar-refractivity contribution in [2.45, 2.75) is 44.2 Å². The van der Waals surface area contributed by atoms with E-state index in [4.69, 9.17) is 4.74 Å². The van der Waals surface area contributed by atoms with Gasteiger partial charge in [-0.05, 0) is 51.6 Å². The molecule has 20 heavy (non-hydrogen) atoms. The summed E-state index contributed by atoms with van der Waals surface area (Å²) in [4.78, 5) is 2.41. The number of ether oxygens (including phenoxy) is 1. The molecule has 1 aliphatic rings. The van der Waals surface area contributed by atoms with Crippen LogP contribution in [0.4, 0.5) is 0 Å². The van der Waals surface area contributed by atoms with Gasteiger partial charge in [-0.1, -0.05) is 25.0 Å². The Morgan fingerprint density at radius 2 is 2.00 bits per heavy atom. The number of hydrogen-bond donors (Lipinski definition) is 1. The maximum absolute atomic E-state index is 5.30. The second-order valence-electron chi connectivity index (χ2n) is 6.21. The van der Waals surface area contributed by atoms with Crippen molar-refractivity contribution < 1.29 is 4.74 Å². The summed E-state index contributed by atoms with van der Waals surface area (Å²) in [7, 11) is 6.14. The molecule has 0 aromatic heterocycles. The molecule has 0 bridgehead atoms. The quantitative estimate of drug-likeness (QED) is 0.863. The zero-order valence-corrected chi connectivity index (χ0v) is 13.3. The van der Waals surface area contributed by atoms with Crippen LogP contribution in [0, 0.1) is 0 Å². The average Bonchev–Trinajstić information content (AvgIpc) is 2.95. The van der Waals surface area contributed by atoms with Crippen molar-refractivity contribution in [3.05, 3.63) is 29.8 Å². The van der Waals surface area contributed by atoms with Gasteiger partial charge in [0.05, 0.1) is 7.11 Å². The number of likely N-dealkylation sites (N-methyl/N-ethyl adjacent to an activating group) is 1. The van der Waals surface area contributed by atoms with E-state index in [1.54, 1.807) is 7.11 Å². The van der Waals surface area contributed by atoms with Crippen LogP contribution < -0.4 is 10.1 Å². The van der Waals surface area contributed by atoms with E-state index in [2.05, 4.69) is 49.4 Å². The molecule has 0 radical (unpaired) electrons. The summed E-state index contributed by atoms with van der Waals surface area (Å²) in [6.45, 7) is 3.28. The van der Waals surface area contributed by atoms with E-state index in [9.17, 15) is 0 Å². The predicted molar refractivity (Wildman–Crippen MR) is 84.3 cm³/mol. The Kier molecular flexibility index (Phi) is 5.06. The van der Waals surface area contributed by atoms with Crippen LogP contribution in [0.15, 0.2) is 24.3 Å². The monoisotopic (exact) mass is 276 g/mol. The first kappa shape index (κ1) is 15.3. The second-order valence-corrected chi connectivity index (χ2v) is 6.21. The lowest BCUT2D eigenvalue weighted by molar-refractivity contribution is 0.150. The zero-order valence-electron chi connectivity index (χ0n) is 13.3. The SMILES string of the molecule is COc1cccc(C(C)NCC2(N(C)C)CCCC2)c1. The molecular formula is C17H28N2O. The van der Waals surface area contributed by atoms with Crippen LogP contribution in [-0.4, -0.2) is 38.2 Å². The molecule has 1 unspecified atom stereocenters. The largest absolute Gasteiger partial charge is 0.497 e. The third-order valence-corrected chi connectivity index (χ3v) is 4.81. The molecule has 0 aliphatic heterocycles. The second kappa shape index (κ2) is 6.59. The number of rotatable bonds is 6. The van der Waals surface area contributed by atoms with Crippen LogP contribution in [0.25, 0.3) is 0 Å². The van der Waals surface area contributed by atoms with E-state index < -0.39 is 0 Å². The van der Waals surface area contributed by atoms with Crippen LogP contribution >= 0.6 is 0 Å². The molecule has 1 aromatic rings. The summed E-state index contributed by atoms with van der Waals surface area (Å²) < 4.78 is 5.30. The van der Waals surface area contributed by atoms with Crippen LogP contribution in [0.2, 0.25) is 0 Å². The van der Waals surface area contributed by atoms with Gasteiger partial charge in [-0.3, -0.25) is 0 Å². The first-order valence-corrected chi connectivity index (χ1v) is 7.62. The van der Waals surface area contributed by atoms with E-state index in [1.165, 1.54) is 31.2 Å². The van der Waals surface area contributed by atoms with Crippen LogP contribution in [0.5, 0.6) is 5.75 Å². The van der Waals surface area contributed by atoms with Crippen molar-refractivity contribution in [2.75, 3.05) is 27.7 Å². The number of methoxy groups -OCH3 is 1. The van der Waals surface area contributed by atoms with Gasteiger partial charge >= 0.3 is 0 Å². The van der Waals surface area contributed by atoms with E-state index in [0.29, 0.717) is 11.6 Å². The molecule has 2 rings (SSSR count). The standard InChI is InChI=1S/C17H28N2O/c1-14(15-8-7-9-16(12-15)20-4)18-13-17(19(2)3)10-5-6-11-17/h7-9,12,14,18H,5-6,10-11,13H2,1-4H3. The predicted octanol–water partition coefficient (Wildman–Crippen LogP) is 3.22. The Hall–Kier alpha value is -1.06. The summed E-state index contributed by atoms with van der Waals surface area (Å²) in [5, 5.41) is 3.72. The maximum Gasteiger partial charge on any atom is 0.119 e. The summed E-state index contributed by atoms with van der Waals surface area (Å²) >= 11 is 0. The van der Waals surface area contributed by atoms with Crippen molar-refractivity contribution in [1.82, 2.24) is 10.2 Å². The summed E-state index contributed by atoms with van der Waals surface area (Å²) in [6.07, 6.45) is 5.32. The third-order valence-electron chi connectivity index (χ3n) is 4.81. The normalized spacial score (nSPS) is 19.2. The molecule has 1 aliphatic carbocycles. The van der Waals surface area contributed by atoms with E-state index in [-0.39, 0.29) is 0 Å². The zero-order chi connectivity index (χ0) is 14.6. The minimum absolute atomic E-state index is 0.340. The van der Waals surface area contributed by atoms with E-state index >= 15 is 0 Å². The Morgan fingerprint density at radius 3 is 2.60 bits per heavy atom. The van der Waals surface area contributed by atoms with E-state index in [0.717, 1.165) is 12.3 Å². The van der Waals surface area contributed by atoms with Crippen molar-refractivity contribution in [2.24, 2.45) is 0 Å². The fraction of sp³-hybridized carbons (Fsp3) is 0.647. The molecule has 0 saturated heterocycles. The maximum atomic E-state index is 5.30. The molecule has 1 atom stereocenters. The number of benzene rings is 1. The van der Waals surface area contributed by atoms with Gasteiger partial charge in [0.25, 0.3) is 0 Å². The smallest absolute Gasteiger partial charge is 0.119 e. The first-order chi connectivity index (χ1) is 9.57.